The number of hydrogen-bond acceptors (Lipinski definition) is 3. The Kier molecular flexibility index (Phi) is 3.60. The van der Waals surface area contributed by atoms with Crippen LogP contribution in [-0.2, 0) is 14.4 Å². The standard InChI is InChI=1S/C7H9BrO5/c1-3(5(10)11)4(9)7(2,8)6(12)13/h3H,1-2H3,(H,10,11)(H,12,13). The van der Waals surface area contributed by atoms with E-state index in [-0.39, 0.29) is 0 Å². The van der Waals surface area contributed by atoms with Crippen LogP contribution in [0.5, 0.6) is 0 Å². The van der Waals surface area contributed by atoms with E-state index in [0.29, 0.717) is 0 Å². The van der Waals surface area contributed by atoms with Crippen LogP contribution in [0.1, 0.15) is 13.8 Å². The Morgan fingerprint density at radius 3 is 1.92 bits per heavy atom. The molecule has 2 atom stereocenters. The molecule has 0 rings (SSSR count). The normalized spacial score (nSPS) is 17.2. The van der Waals surface area contributed by atoms with E-state index in [2.05, 4.69) is 15.9 Å². The molecule has 13 heavy (non-hydrogen) atoms. The summed E-state index contributed by atoms with van der Waals surface area (Å²) < 4.78 is -1.83. The SMILES string of the molecule is CC(C(=O)O)C(=O)C(C)(Br)C(=O)O. The Bertz CT molecular complexity index is 258. The summed E-state index contributed by atoms with van der Waals surface area (Å²) >= 11 is 2.67. The van der Waals surface area contributed by atoms with Gasteiger partial charge < -0.3 is 10.2 Å². The van der Waals surface area contributed by atoms with E-state index in [1.165, 1.54) is 0 Å². The average molecular weight is 253 g/mol. The summed E-state index contributed by atoms with van der Waals surface area (Å²) in [6, 6.07) is 0. The Morgan fingerprint density at radius 2 is 1.69 bits per heavy atom. The fraction of sp³-hybridized carbons (Fsp3) is 0.571. The van der Waals surface area contributed by atoms with Gasteiger partial charge in [-0.1, -0.05) is 15.9 Å². The monoisotopic (exact) mass is 252 g/mol. The number of carbonyl (C=O) groups is 3. The number of Topliss-reactive ketones (excluding diaryl/α,β-unsaturated/α-hetero) is 1. The van der Waals surface area contributed by atoms with Crippen molar-refractivity contribution < 1.29 is 24.6 Å². The topological polar surface area (TPSA) is 91.7 Å². The van der Waals surface area contributed by atoms with Crippen molar-refractivity contribution in [3.05, 3.63) is 0 Å². The zero-order chi connectivity index (χ0) is 10.8. The van der Waals surface area contributed by atoms with Crippen LogP contribution in [-0.4, -0.2) is 32.3 Å². The van der Waals surface area contributed by atoms with Gasteiger partial charge in [0.2, 0.25) is 0 Å². The quantitative estimate of drug-likeness (QED) is 0.562. The number of rotatable bonds is 4. The smallest absolute Gasteiger partial charge is 0.327 e. The van der Waals surface area contributed by atoms with Crippen molar-refractivity contribution in [2.45, 2.75) is 18.2 Å². The number of carboxylic acids is 2. The van der Waals surface area contributed by atoms with Gasteiger partial charge in [-0.3, -0.25) is 14.4 Å². The van der Waals surface area contributed by atoms with Crippen LogP contribution in [0.4, 0.5) is 0 Å². The highest BCUT2D eigenvalue weighted by atomic mass is 79.9. The molecule has 0 aliphatic rings. The van der Waals surface area contributed by atoms with Crippen LogP contribution < -0.4 is 0 Å². The molecule has 2 unspecified atom stereocenters. The first-order chi connectivity index (χ1) is 5.71. The second-order valence-corrected chi connectivity index (χ2v) is 4.32. The fourth-order valence-corrected chi connectivity index (χ4v) is 0.968. The summed E-state index contributed by atoms with van der Waals surface area (Å²) in [5.74, 6) is -4.95. The maximum Gasteiger partial charge on any atom is 0.327 e. The van der Waals surface area contributed by atoms with Gasteiger partial charge >= 0.3 is 11.9 Å². The molecule has 0 aliphatic carbocycles. The average Bonchev–Trinajstić information content (AvgIpc) is 2.01. The molecule has 74 valence electrons. The Labute approximate surface area is 82.9 Å². The number of ketones is 1. The first-order valence-corrected chi connectivity index (χ1v) is 4.20. The highest BCUT2D eigenvalue weighted by Crippen LogP contribution is 2.23. The molecule has 0 aliphatic heterocycles. The van der Waals surface area contributed by atoms with Gasteiger partial charge in [0.1, 0.15) is 5.92 Å². The maximum atomic E-state index is 11.2. The molecular weight excluding hydrogens is 244 g/mol. The molecule has 0 aromatic rings. The lowest BCUT2D eigenvalue weighted by Gasteiger charge is -2.17. The number of alkyl halides is 1. The molecule has 0 heterocycles. The summed E-state index contributed by atoms with van der Waals surface area (Å²) in [6.45, 7) is 2.25. The molecule has 0 spiro atoms. The minimum atomic E-state index is -1.83. The van der Waals surface area contributed by atoms with Crippen molar-refractivity contribution in [3.8, 4) is 0 Å². The number of hydrogen-bond donors (Lipinski definition) is 2. The van der Waals surface area contributed by atoms with Crippen molar-refractivity contribution >= 4 is 33.7 Å². The minimum absolute atomic E-state index is 0.882. The van der Waals surface area contributed by atoms with Crippen LogP contribution in [0, 0.1) is 5.92 Å². The first-order valence-electron chi connectivity index (χ1n) is 3.40. The van der Waals surface area contributed by atoms with Crippen molar-refractivity contribution in [2.24, 2.45) is 5.92 Å². The molecule has 0 aromatic heterocycles. The van der Waals surface area contributed by atoms with Crippen LogP contribution in [0.3, 0.4) is 0 Å². The zero-order valence-electron chi connectivity index (χ0n) is 7.07. The van der Waals surface area contributed by atoms with Crippen molar-refractivity contribution in [1.29, 1.82) is 0 Å². The molecule has 6 heteroatoms. The lowest BCUT2D eigenvalue weighted by Crippen LogP contribution is -2.42. The molecule has 2 N–H and O–H groups in total. The molecule has 0 aromatic carbocycles. The van der Waals surface area contributed by atoms with Gasteiger partial charge in [0.25, 0.3) is 0 Å². The van der Waals surface area contributed by atoms with Gasteiger partial charge in [0.15, 0.2) is 10.1 Å². The van der Waals surface area contributed by atoms with Crippen LogP contribution in [0.2, 0.25) is 0 Å². The van der Waals surface area contributed by atoms with Gasteiger partial charge in [-0.2, -0.15) is 0 Å². The second kappa shape index (κ2) is 3.87. The molecule has 0 bridgehead atoms. The molecule has 0 saturated carbocycles. The summed E-state index contributed by atoms with van der Waals surface area (Å²) in [4.78, 5) is 32.1. The third-order valence-electron chi connectivity index (χ3n) is 1.63. The predicted octanol–water partition coefficient (Wildman–Crippen LogP) is 0.514. The molecular formula is C7H9BrO5. The van der Waals surface area contributed by atoms with Crippen molar-refractivity contribution in [1.82, 2.24) is 0 Å². The van der Waals surface area contributed by atoms with E-state index in [1.54, 1.807) is 0 Å². The second-order valence-electron chi connectivity index (χ2n) is 2.73. The molecule has 0 fully saturated rings. The molecule has 0 radical (unpaired) electrons. The number of carbonyl (C=O) groups excluding carboxylic acids is 1. The van der Waals surface area contributed by atoms with Crippen molar-refractivity contribution in [2.75, 3.05) is 0 Å². The molecule has 5 nitrogen and oxygen atoms in total. The first kappa shape index (κ1) is 12.1. The summed E-state index contributed by atoms with van der Waals surface area (Å²) in [6.07, 6.45) is 0. The molecule has 0 saturated heterocycles. The number of halogens is 1. The van der Waals surface area contributed by atoms with Crippen LogP contribution >= 0.6 is 15.9 Å². The third kappa shape index (κ3) is 2.51. The van der Waals surface area contributed by atoms with E-state index in [0.717, 1.165) is 13.8 Å². The highest BCUT2D eigenvalue weighted by Gasteiger charge is 2.42. The van der Waals surface area contributed by atoms with E-state index in [9.17, 15) is 14.4 Å². The van der Waals surface area contributed by atoms with E-state index >= 15 is 0 Å². The van der Waals surface area contributed by atoms with Gasteiger partial charge in [0.05, 0.1) is 0 Å². The van der Waals surface area contributed by atoms with Gasteiger partial charge in [-0.15, -0.1) is 0 Å². The summed E-state index contributed by atoms with van der Waals surface area (Å²) in [5, 5.41) is 17.0. The molecule has 0 amide bonds. The highest BCUT2D eigenvalue weighted by molar-refractivity contribution is 9.10. The van der Waals surface area contributed by atoms with Gasteiger partial charge in [-0.05, 0) is 13.8 Å². The zero-order valence-corrected chi connectivity index (χ0v) is 8.66. The van der Waals surface area contributed by atoms with E-state index in [4.69, 9.17) is 10.2 Å². The third-order valence-corrected chi connectivity index (χ3v) is 2.36. The van der Waals surface area contributed by atoms with E-state index in [1.807, 2.05) is 0 Å². The number of carboxylic acid groups (broad SMARTS) is 2. The maximum absolute atomic E-state index is 11.2. The largest absolute Gasteiger partial charge is 0.481 e. The van der Waals surface area contributed by atoms with Gasteiger partial charge in [0, 0.05) is 0 Å². The number of aliphatic carboxylic acids is 2. The van der Waals surface area contributed by atoms with Crippen molar-refractivity contribution in [3.63, 3.8) is 0 Å². The minimum Gasteiger partial charge on any atom is -0.481 e. The van der Waals surface area contributed by atoms with E-state index < -0.39 is 28.0 Å². The van der Waals surface area contributed by atoms with Crippen LogP contribution in [0.25, 0.3) is 0 Å². The summed E-state index contributed by atoms with van der Waals surface area (Å²) in [7, 11) is 0. The fourth-order valence-electron chi connectivity index (χ4n) is 0.624. The Balaban J connectivity index is 4.79. The Morgan fingerprint density at radius 1 is 1.31 bits per heavy atom. The lowest BCUT2D eigenvalue weighted by molar-refractivity contribution is -0.149. The van der Waals surface area contributed by atoms with Gasteiger partial charge in [-0.25, -0.2) is 0 Å². The summed E-state index contributed by atoms with van der Waals surface area (Å²) in [5.41, 5.74) is 0. The van der Waals surface area contributed by atoms with Crippen LogP contribution in [0.15, 0.2) is 0 Å². The predicted molar refractivity (Wildman–Crippen MR) is 46.8 cm³/mol. The Hall–Kier alpha value is -0.910. The lowest BCUT2D eigenvalue weighted by atomic mass is 9.95.